The summed E-state index contributed by atoms with van der Waals surface area (Å²) in [6.07, 6.45) is 0. The van der Waals surface area contributed by atoms with Crippen LogP contribution in [0.4, 0.5) is 0 Å². The van der Waals surface area contributed by atoms with Gasteiger partial charge in [-0.1, -0.05) is 61.8 Å². The van der Waals surface area contributed by atoms with Gasteiger partial charge in [0, 0.05) is 5.02 Å². The minimum atomic E-state index is -1.000. The summed E-state index contributed by atoms with van der Waals surface area (Å²) >= 11 is 5.88. The van der Waals surface area contributed by atoms with E-state index in [1.165, 1.54) is 5.56 Å². The summed E-state index contributed by atoms with van der Waals surface area (Å²) in [6, 6.07) is 15.4. The highest BCUT2D eigenvalue weighted by Gasteiger charge is 2.25. The van der Waals surface area contributed by atoms with Crippen LogP contribution in [0.5, 0.6) is 0 Å². The SMILES string of the molecule is CC(C)c1ccc(C(C)(O)c2ccc(Cl)cc2)cc1. The fourth-order valence-electron chi connectivity index (χ4n) is 2.13. The highest BCUT2D eigenvalue weighted by molar-refractivity contribution is 6.30. The van der Waals surface area contributed by atoms with Gasteiger partial charge in [-0.3, -0.25) is 0 Å². The summed E-state index contributed by atoms with van der Waals surface area (Å²) in [4.78, 5) is 0. The van der Waals surface area contributed by atoms with Crippen LogP contribution in [0.1, 0.15) is 43.4 Å². The topological polar surface area (TPSA) is 20.2 Å². The van der Waals surface area contributed by atoms with Gasteiger partial charge in [-0.05, 0) is 41.7 Å². The summed E-state index contributed by atoms with van der Waals surface area (Å²) in [7, 11) is 0. The van der Waals surface area contributed by atoms with E-state index in [2.05, 4.69) is 26.0 Å². The Kier molecular flexibility index (Phi) is 3.98. The van der Waals surface area contributed by atoms with Crippen molar-refractivity contribution < 1.29 is 5.11 Å². The van der Waals surface area contributed by atoms with Gasteiger partial charge in [0.2, 0.25) is 0 Å². The van der Waals surface area contributed by atoms with Gasteiger partial charge in [-0.25, -0.2) is 0 Å². The number of halogens is 1. The quantitative estimate of drug-likeness (QED) is 0.859. The molecule has 2 aromatic rings. The van der Waals surface area contributed by atoms with Crippen LogP contribution in [0.3, 0.4) is 0 Å². The first-order chi connectivity index (χ1) is 8.91. The summed E-state index contributed by atoms with van der Waals surface area (Å²) in [5, 5.41) is 11.4. The summed E-state index contributed by atoms with van der Waals surface area (Å²) < 4.78 is 0. The third-order valence-corrected chi connectivity index (χ3v) is 3.80. The highest BCUT2D eigenvalue weighted by atomic mass is 35.5. The molecule has 1 nitrogen and oxygen atoms in total. The maximum atomic E-state index is 10.7. The van der Waals surface area contributed by atoms with E-state index in [1.54, 1.807) is 19.1 Å². The zero-order chi connectivity index (χ0) is 14.0. The lowest BCUT2D eigenvalue weighted by atomic mass is 9.87. The second-order valence-corrected chi connectivity index (χ2v) is 5.79. The average Bonchev–Trinajstić information content (AvgIpc) is 2.39. The number of hydrogen-bond donors (Lipinski definition) is 1. The van der Waals surface area contributed by atoms with Crippen molar-refractivity contribution >= 4 is 11.6 Å². The van der Waals surface area contributed by atoms with Gasteiger partial charge in [0.25, 0.3) is 0 Å². The van der Waals surface area contributed by atoms with Crippen LogP contribution >= 0.6 is 11.6 Å². The van der Waals surface area contributed by atoms with Crippen molar-refractivity contribution in [3.63, 3.8) is 0 Å². The molecule has 0 aromatic heterocycles. The fourth-order valence-corrected chi connectivity index (χ4v) is 2.26. The van der Waals surface area contributed by atoms with Crippen molar-refractivity contribution in [2.75, 3.05) is 0 Å². The van der Waals surface area contributed by atoms with Gasteiger partial charge in [0.15, 0.2) is 0 Å². The third kappa shape index (κ3) is 2.99. The molecule has 0 radical (unpaired) electrons. The molecule has 0 aliphatic carbocycles. The molecule has 0 heterocycles. The molecule has 0 fully saturated rings. The second kappa shape index (κ2) is 5.36. The molecule has 1 atom stereocenters. The van der Waals surface area contributed by atoms with E-state index in [0.717, 1.165) is 11.1 Å². The largest absolute Gasteiger partial charge is 0.381 e. The van der Waals surface area contributed by atoms with Crippen molar-refractivity contribution in [3.05, 3.63) is 70.2 Å². The third-order valence-electron chi connectivity index (χ3n) is 3.55. The molecule has 0 aliphatic rings. The standard InChI is InChI=1S/C17H19ClO/c1-12(2)13-4-6-14(7-5-13)17(3,19)15-8-10-16(18)11-9-15/h4-12,19H,1-3H3. The van der Waals surface area contributed by atoms with E-state index in [9.17, 15) is 5.11 Å². The number of hydrogen-bond acceptors (Lipinski definition) is 1. The first kappa shape index (κ1) is 14.1. The molecule has 1 unspecified atom stereocenters. The molecule has 0 saturated carbocycles. The maximum absolute atomic E-state index is 10.7. The van der Waals surface area contributed by atoms with E-state index < -0.39 is 5.60 Å². The first-order valence-electron chi connectivity index (χ1n) is 6.50. The van der Waals surface area contributed by atoms with E-state index in [4.69, 9.17) is 11.6 Å². The molecular weight excluding hydrogens is 256 g/mol. The highest BCUT2D eigenvalue weighted by Crippen LogP contribution is 2.30. The molecule has 2 heteroatoms. The molecule has 2 rings (SSSR count). The fraction of sp³-hybridized carbons (Fsp3) is 0.294. The van der Waals surface area contributed by atoms with E-state index in [-0.39, 0.29) is 0 Å². The molecule has 19 heavy (non-hydrogen) atoms. The normalized spacial score (nSPS) is 14.4. The second-order valence-electron chi connectivity index (χ2n) is 5.36. The van der Waals surface area contributed by atoms with Crippen LogP contribution in [0.2, 0.25) is 5.02 Å². The van der Waals surface area contributed by atoms with Crippen LogP contribution in [-0.4, -0.2) is 5.11 Å². The van der Waals surface area contributed by atoms with Crippen LogP contribution < -0.4 is 0 Å². The summed E-state index contributed by atoms with van der Waals surface area (Å²) in [5.74, 6) is 0.495. The van der Waals surface area contributed by atoms with Crippen LogP contribution in [-0.2, 0) is 5.60 Å². The number of benzene rings is 2. The van der Waals surface area contributed by atoms with Gasteiger partial charge in [-0.15, -0.1) is 0 Å². The molecular formula is C17H19ClO. The van der Waals surface area contributed by atoms with Gasteiger partial charge in [0.05, 0.1) is 0 Å². The zero-order valence-electron chi connectivity index (χ0n) is 11.5. The van der Waals surface area contributed by atoms with Crippen LogP contribution in [0.15, 0.2) is 48.5 Å². The van der Waals surface area contributed by atoms with E-state index in [0.29, 0.717) is 10.9 Å². The predicted molar refractivity (Wildman–Crippen MR) is 80.7 cm³/mol. The summed E-state index contributed by atoms with van der Waals surface area (Å²) in [5.41, 5.74) is 2.00. The van der Waals surface area contributed by atoms with Crippen LogP contribution in [0.25, 0.3) is 0 Å². The van der Waals surface area contributed by atoms with Crippen molar-refractivity contribution in [2.24, 2.45) is 0 Å². The van der Waals surface area contributed by atoms with Crippen molar-refractivity contribution in [1.29, 1.82) is 0 Å². The molecule has 2 aromatic carbocycles. The lowest BCUT2D eigenvalue weighted by molar-refractivity contribution is 0.102. The lowest BCUT2D eigenvalue weighted by Gasteiger charge is -2.25. The van der Waals surface area contributed by atoms with Crippen LogP contribution in [0, 0.1) is 0 Å². The Morgan fingerprint density at radius 2 is 1.32 bits per heavy atom. The van der Waals surface area contributed by atoms with Gasteiger partial charge < -0.3 is 5.11 Å². The Labute approximate surface area is 119 Å². The monoisotopic (exact) mass is 274 g/mol. The molecule has 1 N–H and O–H groups in total. The Morgan fingerprint density at radius 1 is 0.895 bits per heavy atom. The average molecular weight is 275 g/mol. The zero-order valence-corrected chi connectivity index (χ0v) is 12.3. The van der Waals surface area contributed by atoms with Crippen molar-refractivity contribution in [1.82, 2.24) is 0 Å². The Morgan fingerprint density at radius 3 is 1.74 bits per heavy atom. The minimum absolute atomic E-state index is 0.495. The summed E-state index contributed by atoms with van der Waals surface area (Å²) in [6.45, 7) is 6.12. The number of rotatable bonds is 3. The minimum Gasteiger partial charge on any atom is -0.381 e. The van der Waals surface area contributed by atoms with Gasteiger partial charge in [0.1, 0.15) is 5.60 Å². The van der Waals surface area contributed by atoms with E-state index >= 15 is 0 Å². The molecule has 0 amide bonds. The van der Waals surface area contributed by atoms with Gasteiger partial charge >= 0.3 is 0 Å². The predicted octanol–water partition coefficient (Wildman–Crippen LogP) is 4.72. The molecule has 0 spiro atoms. The smallest absolute Gasteiger partial charge is 0.112 e. The molecule has 0 saturated heterocycles. The van der Waals surface area contributed by atoms with Crippen molar-refractivity contribution in [3.8, 4) is 0 Å². The Hall–Kier alpha value is -1.31. The molecule has 0 bridgehead atoms. The van der Waals surface area contributed by atoms with Gasteiger partial charge in [-0.2, -0.15) is 0 Å². The molecule has 100 valence electrons. The maximum Gasteiger partial charge on any atom is 0.112 e. The number of aliphatic hydroxyl groups is 1. The van der Waals surface area contributed by atoms with E-state index in [1.807, 2.05) is 24.3 Å². The lowest BCUT2D eigenvalue weighted by Crippen LogP contribution is -2.22. The Bertz CT molecular complexity index is 538. The first-order valence-corrected chi connectivity index (χ1v) is 6.88. The Balaban J connectivity index is 2.35. The van der Waals surface area contributed by atoms with Crippen molar-refractivity contribution in [2.45, 2.75) is 32.3 Å². The molecule has 0 aliphatic heterocycles.